The van der Waals surface area contributed by atoms with Gasteiger partial charge in [0.15, 0.2) is 0 Å². The quantitative estimate of drug-likeness (QED) is 0.930. The Hall–Kier alpha value is -1.39. The fraction of sp³-hybridized carbons (Fsp3) is 0.200. The highest BCUT2D eigenvalue weighted by Gasteiger charge is 2.11. The van der Waals surface area contributed by atoms with Gasteiger partial charge < -0.3 is 10.6 Å². The topological polar surface area (TPSA) is 29.3 Å². The molecular formula is C15H16BrFN2. The van der Waals surface area contributed by atoms with Crippen molar-refractivity contribution >= 4 is 21.6 Å². The molecule has 0 bridgehead atoms. The lowest BCUT2D eigenvalue weighted by atomic mass is 10.1. The van der Waals surface area contributed by atoms with Crippen molar-refractivity contribution in [1.29, 1.82) is 0 Å². The maximum Gasteiger partial charge on any atom is 0.128 e. The van der Waals surface area contributed by atoms with E-state index in [-0.39, 0.29) is 5.82 Å². The van der Waals surface area contributed by atoms with Crippen LogP contribution in [0.1, 0.15) is 11.1 Å². The molecule has 2 aromatic rings. The van der Waals surface area contributed by atoms with Crippen molar-refractivity contribution in [2.75, 3.05) is 11.9 Å². The number of nitrogens with zero attached hydrogens (tertiary/aromatic N) is 1. The first-order valence-electron chi connectivity index (χ1n) is 6.05. The molecule has 0 aliphatic rings. The molecule has 2 nitrogen and oxygen atoms in total. The van der Waals surface area contributed by atoms with Crippen molar-refractivity contribution in [3.05, 3.63) is 63.9 Å². The fourth-order valence-corrected chi connectivity index (χ4v) is 2.59. The van der Waals surface area contributed by atoms with Gasteiger partial charge in [0.05, 0.1) is 0 Å². The molecule has 0 fully saturated rings. The molecule has 100 valence electrons. The molecular weight excluding hydrogens is 307 g/mol. The fourth-order valence-electron chi connectivity index (χ4n) is 2.07. The van der Waals surface area contributed by atoms with Crippen LogP contribution >= 0.6 is 15.9 Å². The zero-order valence-electron chi connectivity index (χ0n) is 10.7. The number of benzene rings is 2. The molecule has 0 radical (unpaired) electrons. The zero-order valence-corrected chi connectivity index (χ0v) is 12.3. The minimum atomic E-state index is -0.182. The zero-order chi connectivity index (χ0) is 13.8. The molecule has 0 unspecified atom stereocenters. The van der Waals surface area contributed by atoms with Crippen LogP contribution in [0.2, 0.25) is 0 Å². The van der Waals surface area contributed by atoms with E-state index >= 15 is 0 Å². The highest BCUT2D eigenvalue weighted by atomic mass is 79.9. The lowest BCUT2D eigenvalue weighted by Gasteiger charge is -2.23. The number of halogens is 2. The lowest BCUT2D eigenvalue weighted by Crippen LogP contribution is -2.19. The number of hydrogen-bond acceptors (Lipinski definition) is 2. The highest BCUT2D eigenvalue weighted by Crippen LogP contribution is 2.28. The van der Waals surface area contributed by atoms with Crippen LogP contribution in [0.3, 0.4) is 0 Å². The summed E-state index contributed by atoms with van der Waals surface area (Å²) in [7, 11) is 1.94. The Labute approximate surface area is 121 Å². The van der Waals surface area contributed by atoms with Crippen LogP contribution in [0.5, 0.6) is 0 Å². The molecule has 0 aromatic heterocycles. The van der Waals surface area contributed by atoms with Gasteiger partial charge in [-0.15, -0.1) is 0 Å². The third kappa shape index (κ3) is 3.14. The lowest BCUT2D eigenvalue weighted by molar-refractivity contribution is 0.608. The van der Waals surface area contributed by atoms with E-state index in [1.165, 1.54) is 6.07 Å². The molecule has 0 atom stereocenters. The van der Waals surface area contributed by atoms with Gasteiger partial charge in [0.25, 0.3) is 0 Å². The van der Waals surface area contributed by atoms with E-state index in [1.54, 1.807) is 12.1 Å². The van der Waals surface area contributed by atoms with E-state index in [2.05, 4.69) is 15.9 Å². The van der Waals surface area contributed by atoms with Crippen LogP contribution in [-0.4, -0.2) is 7.05 Å². The third-order valence-electron chi connectivity index (χ3n) is 3.07. The Kier molecular flexibility index (Phi) is 4.56. The molecule has 0 heterocycles. The third-order valence-corrected chi connectivity index (χ3v) is 3.82. The monoisotopic (exact) mass is 322 g/mol. The Morgan fingerprint density at radius 3 is 2.58 bits per heavy atom. The Morgan fingerprint density at radius 2 is 1.89 bits per heavy atom. The molecule has 0 saturated carbocycles. The van der Waals surface area contributed by atoms with Gasteiger partial charge in [0.1, 0.15) is 5.82 Å². The van der Waals surface area contributed by atoms with Gasteiger partial charge in [-0.3, -0.25) is 0 Å². The second kappa shape index (κ2) is 6.17. The van der Waals surface area contributed by atoms with Crippen LogP contribution in [0.15, 0.2) is 46.9 Å². The Balaban J connectivity index is 2.28. The summed E-state index contributed by atoms with van der Waals surface area (Å²) in [5.41, 5.74) is 8.50. The molecule has 0 saturated heterocycles. The first-order valence-corrected chi connectivity index (χ1v) is 6.84. The molecule has 0 aliphatic heterocycles. The van der Waals surface area contributed by atoms with Crippen LogP contribution < -0.4 is 10.6 Å². The predicted molar refractivity (Wildman–Crippen MR) is 80.5 cm³/mol. The highest BCUT2D eigenvalue weighted by molar-refractivity contribution is 9.10. The van der Waals surface area contributed by atoms with Gasteiger partial charge in [-0.25, -0.2) is 4.39 Å². The summed E-state index contributed by atoms with van der Waals surface area (Å²) in [5.74, 6) is -0.182. The minimum Gasteiger partial charge on any atom is -0.370 e. The first-order chi connectivity index (χ1) is 9.13. The van der Waals surface area contributed by atoms with Crippen LogP contribution in [0.4, 0.5) is 10.1 Å². The van der Waals surface area contributed by atoms with Crippen molar-refractivity contribution in [2.45, 2.75) is 13.1 Å². The van der Waals surface area contributed by atoms with Crippen molar-refractivity contribution in [3.63, 3.8) is 0 Å². The molecule has 2 N–H and O–H groups in total. The van der Waals surface area contributed by atoms with Gasteiger partial charge in [-0.2, -0.15) is 0 Å². The largest absolute Gasteiger partial charge is 0.370 e. The summed E-state index contributed by atoms with van der Waals surface area (Å²) in [6.07, 6.45) is 0. The molecule has 0 spiro atoms. The van der Waals surface area contributed by atoms with E-state index in [0.29, 0.717) is 18.7 Å². The maximum absolute atomic E-state index is 13.7. The number of rotatable bonds is 4. The van der Waals surface area contributed by atoms with Crippen molar-refractivity contribution < 1.29 is 4.39 Å². The van der Waals surface area contributed by atoms with E-state index in [9.17, 15) is 4.39 Å². The smallest absolute Gasteiger partial charge is 0.128 e. The van der Waals surface area contributed by atoms with E-state index < -0.39 is 0 Å². The Morgan fingerprint density at radius 1 is 1.16 bits per heavy atom. The predicted octanol–water partition coefficient (Wildman–Crippen LogP) is 3.68. The Bertz CT molecular complexity index is 572. The van der Waals surface area contributed by atoms with Crippen molar-refractivity contribution in [1.82, 2.24) is 0 Å². The second-order valence-corrected chi connectivity index (χ2v) is 5.24. The van der Waals surface area contributed by atoms with Gasteiger partial charge in [-0.1, -0.05) is 40.2 Å². The van der Waals surface area contributed by atoms with Crippen LogP contribution in [0, 0.1) is 5.82 Å². The average Bonchev–Trinajstić information content (AvgIpc) is 2.41. The van der Waals surface area contributed by atoms with E-state index in [1.807, 2.05) is 36.2 Å². The van der Waals surface area contributed by atoms with Gasteiger partial charge in [-0.05, 0) is 18.2 Å². The normalized spacial score (nSPS) is 10.5. The second-order valence-electron chi connectivity index (χ2n) is 4.39. The molecule has 0 amide bonds. The van der Waals surface area contributed by atoms with Gasteiger partial charge in [0, 0.05) is 41.4 Å². The summed E-state index contributed by atoms with van der Waals surface area (Å²) in [5, 5.41) is 0. The maximum atomic E-state index is 13.7. The molecule has 2 rings (SSSR count). The van der Waals surface area contributed by atoms with Gasteiger partial charge >= 0.3 is 0 Å². The van der Waals surface area contributed by atoms with Crippen molar-refractivity contribution in [3.8, 4) is 0 Å². The summed E-state index contributed by atoms with van der Waals surface area (Å²) < 4.78 is 14.6. The summed E-state index contributed by atoms with van der Waals surface area (Å²) >= 11 is 3.49. The molecule has 19 heavy (non-hydrogen) atoms. The summed E-state index contributed by atoms with van der Waals surface area (Å²) in [4.78, 5) is 2.01. The molecule has 0 aliphatic carbocycles. The summed E-state index contributed by atoms with van der Waals surface area (Å²) in [6.45, 7) is 0.953. The SMILES string of the molecule is CN(Cc1ccccc1F)c1cccc(Br)c1CN. The number of nitrogens with two attached hydrogens (primary N) is 1. The van der Waals surface area contributed by atoms with E-state index in [0.717, 1.165) is 15.7 Å². The van der Waals surface area contributed by atoms with Crippen LogP contribution in [-0.2, 0) is 13.1 Å². The minimum absolute atomic E-state index is 0.182. The van der Waals surface area contributed by atoms with Crippen molar-refractivity contribution in [2.24, 2.45) is 5.73 Å². The van der Waals surface area contributed by atoms with Crippen LogP contribution in [0.25, 0.3) is 0 Å². The van der Waals surface area contributed by atoms with E-state index in [4.69, 9.17) is 5.73 Å². The average molecular weight is 323 g/mol. The number of hydrogen-bond donors (Lipinski definition) is 1. The summed E-state index contributed by atoms with van der Waals surface area (Å²) in [6, 6.07) is 12.7. The van der Waals surface area contributed by atoms with Gasteiger partial charge in [0.2, 0.25) is 0 Å². The number of anilines is 1. The molecule has 4 heteroatoms. The standard InChI is InChI=1S/C15H16BrFN2/c1-19(10-11-5-2-3-7-14(11)17)15-8-4-6-13(16)12(15)9-18/h2-8H,9-10,18H2,1H3. The molecule has 2 aromatic carbocycles. The first kappa shape index (κ1) is 14.0.